The predicted molar refractivity (Wildman–Crippen MR) is 96.6 cm³/mol. The van der Waals surface area contributed by atoms with Crippen LogP contribution in [0.4, 0.5) is 13.2 Å². The van der Waals surface area contributed by atoms with E-state index in [2.05, 4.69) is 0 Å². The van der Waals surface area contributed by atoms with Gasteiger partial charge in [-0.05, 0) is 47.4 Å². The first kappa shape index (κ1) is 18.0. The highest BCUT2D eigenvalue weighted by Gasteiger charge is 2.35. The number of allylic oxidation sites excluding steroid dienone is 2. The maximum atomic E-state index is 13.4. The lowest BCUT2D eigenvalue weighted by Gasteiger charge is -2.12. The summed E-state index contributed by atoms with van der Waals surface area (Å²) in [6, 6.07) is 12.4. The number of fused-ring (bicyclic) bond motifs is 1. The molecular formula is C18H9Cl2F3OS. The molecule has 0 saturated heterocycles. The van der Waals surface area contributed by atoms with Crippen LogP contribution in [0.1, 0.15) is 15.2 Å². The quantitative estimate of drug-likeness (QED) is 0.340. The van der Waals surface area contributed by atoms with Gasteiger partial charge in [-0.3, -0.25) is 4.79 Å². The van der Waals surface area contributed by atoms with Gasteiger partial charge >= 0.3 is 6.18 Å². The van der Waals surface area contributed by atoms with E-state index in [4.69, 9.17) is 23.2 Å². The number of hydrogen-bond acceptors (Lipinski definition) is 2. The van der Waals surface area contributed by atoms with E-state index in [0.717, 1.165) is 33.6 Å². The summed E-state index contributed by atoms with van der Waals surface area (Å²) in [5.41, 5.74) is -1.33. The molecule has 3 rings (SSSR count). The van der Waals surface area contributed by atoms with Gasteiger partial charge in [-0.1, -0.05) is 41.4 Å². The number of rotatable bonds is 3. The fourth-order valence-electron chi connectivity index (χ4n) is 2.34. The summed E-state index contributed by atoms with van der Waals surface area (Å²) in [5.74, 6) is -0.718. The molecule has 128 valence electrons. The summed E-state index contributed by atoms with van der Waals surface area (Å²) < 4.78 is 41.2. The van der Waals surface area contributed by atoms with Crippen LogP contribution in [0.5, 0.6) is 0 Å². The van der Waals surface area contributed by atoms with Gasteiger partial charge in [0, 0.05) is 14.7 Å². The SMILES string of the molecule is O=C(C=C(c1cc(Cl)cc(Cl)c1)C(F)(F)F)c1cc2ccccc2s1. The van der Waals surface area contributed by atoms with Crippen LogP contribution < -0.4 is 0 Å². The summed E-state index contributed by atoms with van der Waals surface area (Å²) in [4.78, 5) is 12.6. The molecule has 7 heteroatoms. The zero-order valence-electron chi connectivity index (χ0n) is 12.4. The van der Waals surface area contributed by atoms with E-state index < -0.39 is 17.5 Å². The van der Waals surface area contributed by atoms with Gasteiger partial charge in [-0.2, -0.15) is 13.2 Å². The second-order valence-electron chi connectivity index (χ2n) is 5.23. The van der Waals surface area contributed by atoms with Crippen molar-refractivity contribution in [3.63, 3.8) is 0 Å². The Balaban J connectivity index is 2.07. The maximum Gasteiger partial charge on any atom is 0.417 e. The minimum Gasteiger partial charge on any atom is -0.288 e. The van der Waals surface area contributed by atoms with Crippen molar-refractivity contribution in [3.05, 3.63) is 75.1 Å². The molecule has 0 fully saturated rings. The maximum absolute atomic E-state index is 13.4. The smallest absolute Gasteiger partial charge is 0.288 e. The van der Waals surface area contributed by atoms with E-state index in [-0.39, 0.29) is 20.5 Å². The van der Waals surface area contributed by atoms with Crippen molar-refractivity contribution in [2.75, 3.05) is 0 Å². The topological polar surface area (TPSA) is 17.1 Å². The van der Waals surface area contributed by atoms with E-state index >= 15 is 0 Å². The number of halogens is 5. The molecule has 0 aliphatic carbocycles. The molecule has 0 atom stereocenters. The normalized spacial score (nSPS) is 12.6. The number of carbonyl (C=O) groups excluding carboxylic acids is 1. The summed E-state index contributed by atoms with van der Waals surface area (Å²) in [6.45, 7) is 0. The molecule has 25 heavy (non-hydrogen) atoms. The Morgan fingerprint density at radius 3 is 2.24 bits per heavy atom. The zero-order chi connectivity index (χ0) is 18.2. The fourth-order valence-corrected chi connectivity index (χ4v) is 3.84. The molecule has 0 aliphatic rings. The van der Waals surface area contributed by atoms with Gasteiger partial charge < -0.3 is 0 Å². The molecule has 0 amide bonds. The summed E-state index contributed by atoms with van der Waals surface area (Å²) >= 11 is 12.7. The molecule has 1 nitrogen and oxygen atoms in total. The number of alkyl halides is 3. The third-order valence-electron chi connectivity index (χ3n) is 3.42. The Kier molecular flexibility index (Phi) is 4.91. The first-order chi connectivity index (χ1) is 11.7. The van der Waals surface area contributed by atoms with Crippen LogP contribution in [0, 0.1) is 0 Å². The van der Waals surface area contributed by atoms with Crippen LogP contribution >= 0.6 is 34.5 Å². The number of hydrogen-bond donors (Lipinski definition) is 0. The Labute approximate surface area is 155 Å². The van der Waals surface area contributed by atoms with Crippen LogP contribution in [-0.2, 0) is 0 Å². The monoisotopic (exact) mass is 400 g/mol. The lowest BCUT2D eigenvalue weighted by molar-refractivity contribution is -0.0689. The van der Waals surface area contributed by atoms with E-state index in [1.54, 1.807) is 24.3 Å². The number of thiophene rings is 1. The van der Waals surface area contributed by atoms with Crippen molar-refractivity contribution in [3.8, 4) is 0 Å². The van der Waals surface area contributed by atoms with Crippen LogP contribution in [0.2, 0.25) is 10.0 Å². The van der Waals surface area contributed by atoms with Crippen molar-refractivity contribution in [2.24, 2.45) is 0 Å². The van der Waals surface area contributed by atoms with Crippen molar-refractivity contribution < 1.29 is 18.0 Å². The number of carbonyl (C=O) groups is 1. The highest BCUT2D eigenvalue weighted by Crippen LogP contribution is 2.37. The number of benzene rings is 2. The van der Waals surface area contributed by atoms with Gasteiger partial charge in [0.25, 0.3) is 0 Å². The molecule has 0 spiro atoms. The van der Waals surface area contributed by atoms with Gasteiger partial charge in [0.15, 0.2) is 5.78 Å². The lowest BCUT2D eigenvalue weighted by atomic mass is 10.0. The molecule has 0 bridgehead atoms. The van der Waals surface area contributed by atoms with Crippen molar-refractivity contribution >= 4 is 56.0 Å². The number of ketones is 1. The van der Waals surface area contributed by atoms with E-state index in [9.17, 15) is 18.0 Å². The minimum atomic E-state index is -4.72. The molecule has 2 aromatic carbocycles. The van der Waals surface area contributed by atoms with Crippen LogP contribution in [0.3, 0.4) is 0 Å². The minimum absolute atomic E-state index is 0.0620. The average Bonchev–Trinajstić information content (AvgIpc) is 2.94. The second kappa shape index (κ2) is 6.83. The van der Waals surface area contributed by atoms with E-state index in [1.807, 2.05) is 6.07 Å². The highest BCUT2D eigenvalue weighted by atomic mass is 35.5. The van der Waals surface area contributed by atoms with Gasteiger partial charge in [0.05, 0.1) is 10.5 Å². The van der Waals surface area contributed by atoms with E-state index in [0.29, 0.717) is 6.08 Å². The molecule has 0 aliphatic heterocycles. The third-order valence-corrected chi connectivity index (χ3v) is 4.99. The lowest BCUT2D eigenvalue weighted by Crippen LogP contribution is -2.12. The van der Waals surface area contributed by atoms with Gasteiger partial charge in [-0.15, -0.1) is 11.3 Å². The highest BCUT2D eigenvalue weighted by molar-refractivity contribution is 7.21. The molecule has 1 aromatic heterocycles. The molecule has 0 saturated carbocycles. The van der Waals surface area contributed by atoms with Crippen LogP contribution in [0.25, 0.3) is 15.7 Å². The standard InChI is InChI=1S/C18H9Cl2F3OS/c19-12-5-11(6-13(20)8-12)14(18(21,22)23)9-15(24)17-7-10-3-1-2-4-16(10)25-17/h1-9H. The Hall–Kier alpha value is -1.82. The largest absolute Gasteiger partial charge is 0.417 e. The molecule has 0 unspecified atom stereocenters. The predicted octanol–water partition coefficient (Wildman–Crippen LogP) is 7.04. The fraction of sp³-hybridized carbons (Fsp3) is 0.0556. The van der Waals surface area contributed by atoms with Crippen molar-refractivity contribution in [1.82, 2.24) is 0 Å². The van der Waals surface area contributed by atoms with Gasteiger partial charge in [0.1, 0.15) is 0 Å². The van der Waals surface area contributed by atoms with Gasteiger partial charge in [0.2, 0.25) is 0 Å². The van der Waals surface area contributed by atoms with Crippen LogP contribution in [0.15, 0.2) is 54.6 Å². The third kappa shape index (κ3) is 4.06. The van der Waals surface area contributed by atoms with E-state index in [1.165, 1.54) is 6.07 Å². The molecule has 0 N–H and O–H groups in total. The molecule has 3 aromatic rings. The Bertz CT molecular complexity index is 936. The summed E-state index contributed by atoms with van der Waals surface area (Å²) in [5, 5.41) is 0.933. The second-order valence-corrected chi connectivity index (χ2v) is 7.18. The van der Waals surface area contributed by atoms with Crippen molar-refractivity contribution in [1.29, 1.82) is 0 Å². The Morgan fingerprint density at radius 1 is 1.00 bits per heavy atom. The summed E-state index contributed by atoms with van der Waals surface area (Å²) in [6.07, 6.45) is -4.13. The Morgan fingerprint density at radius 2 is 1.64 bits per heavy atom. The van der Waals surface area contributed by atoms with Gasteiger partial charge in [-0.25, -0.2) is 0 Å². The molecular weight excluding hydrogens is 392 g/mol. The summed E-state index contributed by atoms with van der Waals surface area (Å²) in [7, 11) is 0. The van der Waals surface area contributed by atoms with Crippen molar-refractivity contribution in [2.45, 2.75) is 6.18 Å². The average molecular weight is 401 g/mol. The van der Waals surface area contributed by atoms with Crippen LogP contribution in [-0.4, -0.2) is 12.0 Å². The first-order valence-corrected chi connectivity index (χ1v) is 8.59. The zero-order valence-corrected chi connectivity index (χ0v) is 14.7. The first-order valence-electron chi connectivity index (χ1n) is 7.02. The molecule has 1 heterocycles. The molecule has 0 radical (unpaired) electrons.